The number of rotatable bonds is 6. The van der Waals surface area contributed by atoms with E-state index in [1.807, 2.05) is 24.3 Å². The Morgan fingerprint density at radius 1 is 1.11 bits per heavy atom. The van der Waals surface area contributed by atoms with Gasteiger partial charge in [-0.2, -0.15) is 8.42 Å². The minimum atomic E-state index is -3.81. The lowest BCUT2D eigenvalue weighted by molar-refractivity contribution is 0.479. The van der Waals surface area contributed by atoms with Crippen LogP contribution >= 0.6 is 0 Å². The summed E-state index contributed by atoms with van der Waals surface area (Å²) in [6, 6.07) is 7.85. The van der Waals surface area contributed by atoms with E-state index in [1.165, 1.54) is 0 Å². The van der Waals surface area contributed by atoms with Gasteiger partial charge in [0.25, 0.3) is 10.1 Å². The molecule has 4 nitrogen and oxygen atoms in total. The molecule has 98 valence electrons. The average molecular weight is 268 g/mol. The lowest BCUT2D eigenvalue weighted by Crippen LogP contribution is -2.03. The van der Waals surface area contributed by atoms with Crippen LogP contribution in [-0.4, -0.2) is 18.7 Å². The highest BCUT2D eigenvalue weighted by Gasteiger charge is 2.06. The van der Waals surface area contributed by atoms with Crippen LogP contribution in [0, 0.1) is 0 Å². The normalized spacial score (nSPS) is 12.1. The number of benzene rings is 1. The molecule has 1 heterocycles. The van der Waals surface area contributed by atoms with Crippen molar-refractivity contribution in [2.24, 2.45) is 0 Å². The van der Waals surface area contributed by atoms with Gasteiger partial charge in [0.2, 0.25) is 0 Å². The number of hydrogen-bond acceptors (Lipinski definition) is 3. The Morgan fingerprint density at radius 2 is 1.89 bits per heavy atom. The molecule has 0 aliphatic rings. The molecule has 5 heteroatoms. The highest BCUT2D eigenvalue weighted by Crippen LogP contribution is 2.22. The third kappa shape index (κ3) is 3.58. The fourth-order valence-corrected chi connectivity index (χ4v) is 2.57. The maximum absolute atomic E-state index is 10.5. The van der Waals surface area contributed by atoms with Gasteiger partial charge in [0.1, 0.15) is 5.58 Å². The molecule has 0 atom stereocenters. The summed E-state index contributed by atoms with van der Waals surface area (Å²) < 4.78 is 35.1. The molecule has 2 rings (SSSR count). The van der Waals surface area contributed by atoms with E-state index < -0.39 is 10.1 Å². The lowest BCUT2D eigenvalue weighted by atomic mass is 10.1. The van der Waals surface area contributed by atoms with Crippen molar-refractivity contribution in [2.45, 2.75) is 25.7 Å². The molecule has 0 aliphatic carbocycles. The third-order valence-corrected chi connectivity index (χ3v) is 3.71. The van der Waals surface area contributed by atoms with E-state index in [1.54, 1.807) is 6.26 Å². The molecule has 0 aliphatic heterocycles. The van der Waals surface area contributed by atoms with Crippen molar-refractivity contribution in [1.82, 2.24) is 0 Å². The number of unbranched alkanes of at least 4 members (excludes halogenated alkanes) is 2. The maximum atomic E-state index is 10.5. The second kappa shape index (κ2) is 5.54. The number of furan rings is 1. The molecule has 1 aromatic carbocycles. The van der Waals surface area contributed by atoms with Crippen LogP contribution in [0.15, 0.2) is 34.9 Å². The van der Waals surface area contributed by atoms with Crippen molar-refractivity contribution < 1.29 is 17.4 Å². The topological polar surface area (TPSA) is 67.5 Å². The summed E-state index contributed by atoms with van der Waals surface area (Å²) in [5.74, 6) is -0.154. The van der Waals surface area contributed by atoms with Gasteiger partial charge in [0.15, 0.2) is 0 Å². The molecule has 1 N–H and O–H groups in total. The average Bonchev–Trinajstić information content (AvgIpc) is 2.71. The molecule has 0 amide bonds. The zero-order valence-electron chi connectivity index (χ0n) is 10.0. The van der Waals surface area contributed by atoms with Gasteiger partial charge < -0.3 is 4.42 Å². The molecule has 0 saturated carbocycles. The van der Waals surface area contributed by atoms with E-state index in [9.17, 15) is 8.42 Å². The molecule has 1 aromatic heterocycles. The highest BCUT2D eigenvalue weighted by atomic mass is 32.2. The van der Waals surface area contributed by atoms with E-state index in [0.717, 1.165) is 35.8 Å². The second-order valence-electron chi connectivity index (χ2n) is 4.35. The van der Waals surface area contributed by atoms with Crippen molar-refractivity contribution in [2.75, 3.05) is 5.75 Å². The van der Waals surface area contributed by atoms with E-state index in [0.29, 0.717) is 6.42 Å². The standard InChI is InChI=1S/C13H16O4S/c14-18(15,16)9-5-1-2-6-11-10-17-13-8-4-3-7-12(11)13/h3-4,7-8,10H,1-2,5-6,9H2,(H,14,15,16). The van der Waals surface area contributed by atoms with Crippen molar-refractivity contribution in [3.05, 3.63) is 36.1 Å². The van der Waals surface area contributed by atoms with Gasteiger partial charge in [-0.05, 0) is 30.9 Å². The summed E-state index contributed by atoms with van der Waals surface area (Å²) in [7, 11) is -3.81. The van der Waals surface area contributed by atoms with Crippen LogP contribution in [0.2, 0.25) is 0 Å². The van der Waals surface area contributed by atoms with Gasteiger partial charge in [-0.25, -0.2) is 0 Å². The first kappa shape index (κ1) is 13.1. The zero-order chi connectivity index (χ0) is 13.0. The fourth-order valence-electron chi connectivity index (χ4n) is 2.00. The smallest absolute Gasteiger partial charge is 0.264 e. The maximum Gasteiger partial charge on any atom is 0.264 e. The van der Waals surface area contributed by atoms with Crippen LogP contribution in [0.4, 0.5) is 0 Å². The SMILES string of the molecule is O=S(=O)(O)CCCCCc1coc2ccccc12. The number of para-hydroxylation sites is 1. The summed E-state index contributed by atoms with van der Waals surface area (Å²) in [6.45, 7) is 0. The Morgan fingerprint density at radius 3 is 2.67 bits per heavy atom. The monoisotopic (exact) mass is 268 g/mol. The summed E-state index contributed by atoms with van der Waals surface area (Å²) >= 11 is 0. The first-order chi connectivity index (χ1) is 8.56. The molecule has 0 spiro atoms. The molecule has 0 radical (unpaired) electrons. The Kier molecular flexibility index (Phi) is 4.04. The van der Waals surface area contributed by atoms with Gasteiger partial charge in [-0.15, -0.1) is 0 Å². The fraction of sp³-hybridized carbons (Fsp3) is 0.385. The van der Waals surface area contributed by atoms with Crippen LogP contribution in [0.5, 0.6) is 0 Å². The van der Waals surface area contributed by atoms with Gasteiger partial charge in [-0.1, -0.05) is 24.6 Å². The minimum absolute atomic E-state index is 0.154. The van der Waals surface area contributed by atoms with Crippen LogP contribution in [0.25, 0.3) is 11.0 Å². The van der Waals surface area contributed by atoms with E-state index >= 15 is 0 Å². The lowest BCUT2D eigenvalue weighted by Gasteiger charge is -1.99. The van der Waals surface area contributed by atoms with Crippen molar-refractivity contribution in [3.63, 3.8) is 0 Å². The second-order valence-corrected chi connectivity index (χ2v) is 5.93. The largest absolute Gasteiger partial charge is 0.464 e. The molecule has 2 aromatic rings. The predicted molar refractivity (Wildman–Crippen MR) is 70.2 cm³/mol. The molecule has 0 saturated heterocycles. The van der Waals surface area contributed by atoms with Crippen molar-refractivity contribution in [1.29, 1.82) is 0 Å². The molecular formula is C13H16O4S. The van der Waals surface area contributed by atoms with Gasteiger partial charge in [-0.3, -0.25) is 4.55 Å². The molecule has 0 unspecified atom stereocenters. The van der Waals surface area contributed by atoms with Crippen LogP contribution in [0.3, 0.4) is 0 Å². The Bertz CT molecular complexity index is 613. The minimum Gasteiger partial charge on any atom is -0.464 e. The Balaban J connectivity index is 1.84. The summed E-state index contributed by atoms with van der Waals surface area (Å²) in [4.78, 5) is 0. The highest BCUT2D eigenvalue weighted by molar-refractivity contribution is 7.85. The van der Waals surface area contributed by atoms with Crippen LogP contribution in [0.1, 0.15) is 24.8 Å². The first-order valence-corrected chi connectivity index (χ1v) is 7.57. The van der Waals surface area contributed by atoms with E-state index in [-0.39, 0.29) is 5.75 Å². The first-order valence-electron chi connectivity index (χ1n) is 5.96. The van der Waals surface area contributed by atoms with Gasteiger partial charge in [0.05, 0.1) is 12.0 Å². The molecule has 0 fully saturated rings. The number of hydrogen-bond donors (Lipinski definition) is 1. The number of aryl methyl sites for hydroxylation is 1. The summed E-state index contributed by atoms with van der Waals surface area (Å²) in [6.07, 6.45) is 4.78. The van der Waals surface area contributed by atoms with Crippen LogP contribution in [-0.2, 0) is 16.5 Å². The molecule has 0 bridgehead atoms. The van der Waals surface area contributed by atoms with E-state index in [2.05, 4.69) is 0 Å². The molecule has 18 heavy (non-hydrogen) atoms. The third-order valence-electron chi connectivity index (χ3n) is 2.91. The van der Waals surface area contributed by atoms with Crippen LogP contribution < -0.4 is 0 Å². The predicted octanol–water partition coefficient (Wildman–Crippen LogP) is 3.03. The number of fused-ring (bicyclic) bond motifs is 1. The quantitative estimate of drug-likeness (QED) is 0.646. The Labute approximate surface area is 106 Å². The Hall–Kier alpha value is -1.33. The van der Waals surface area contributed by atoms with Gasteiger partial charge >= 0.3 is 0 Å². The van der Waals surface area contributed by atoms with E-state index in [4.69, 9.17) is 8.97 Å². The molecular weight excluding hydrogens is 252 g/mol. The van der Waals surface area contributed by atoms with Crippen molar-refractivity contribution in [3.8, 4) is 0 Å². The summed E-state index contributed by atoms with van der Waals surface area (Å²) in [5, 5.41) is 1.12. The summed E-state index contributed by atoms with van der Waals surface area (Å²) in [5.41, 5.74) is 2.03. The van der Waals surface area contributed by atoms with Gasteiger partial charge in [0, 0.05) is 5.39 Å². The van der Waals surface area contributed by atoms with Crippen molar-refractivity contribution >= 4 is 21.1 Å². The zero-order valence-corrected chi connectivity index (χ0v) is 10.8.